The molecule has 1 N–H and O–H groups in total. The number of hydrogen-bond donors (Lipinski definition) is 1. The summed E-state index contributed by atoms with van der Waals surface area (Å²) in [5, 5.41) is 2.73. The molecular weight excluding hydrogens is 206 g/mol. The monoisotopic (exact) mass is 223 g/mol. The molecule has 1 heterocycles. The van der Waals surface area contributed by atoms with E-state index in [4.69, 9.17) is 4.74 Å². The van der Waals surface area contributed by atoms with Crippen molar-refractivity contribution in [2.24, 2.45) is 5.41 Å². The molecule has 0 bridgehead atoms. The minimum atomic E-state index is -0.0689. The van der Waals surface area contributed by atoms with E-state index in [1.54, 1.807) is 0 Å². The molecule has 0 unspecified atom stereocenters. The summed E-state index contributed by atoms with van der Waals surface area (Å²) < 4.78 is 5.01. The molecule has 5 nitrogen and oxygen atoms in total. The van der Waals surface area contributed by atoms with Crippen LogP contribution in [0.3, 0.4) is 0 Å². The number of nitrogens with zero attached hydrogens (tertiary/aromatic N) is 2. The van der Waals surface area contributed by atoms with Gasteiger partial charge in [0, 0.05) is 6.42 Å². The minimum Gasteiger partial charge on any atom is -0.479 e. The second-order valence-corrected chi connectivity index (χ2v) is 4.73. The Morgan fingerprint density at radius 2 is 2.19 bits per heavy atom. The van der Waals surface area contributed by atoms with Crippen molar-refractivity contribution in [2.75, 3.05) is 12.4 Å². The van der Waals surface area contributed by atoms with Crippen molar-refractivity contribution in [3.63, 3.8) is 0 Å². The Balaban J connectivity index is 2.70. The molecule has 0 atom stereocenters. The van der Waals surface area contributed by atoms with Crippen LogP contribution < -0.4 is 10.1 Å². The largest absolute Gasteiger partial charge is 0.479 e. The summed E-state index contributed by atoms with van der Waals surface area (Å²) in [6, 6.07) is 0. The van der Waals surface area contributed by atoms with Gasteiger partial charge in [-0.05, 0) is 5.41 Å². The van der Waals surface area contributed by atoms with E-state index in [0.717, 1.165) is 0 Å². The normalized spacial score (nSPS) is 11.0. The molecule has 0 radical (unpaired) electrons. The van der Waals surface area contributed by atoms with E-state index in [1.807, 2.05) is 20.8 Å². The molecular formula is C11H17N3O2. The highest BCUT2D eigenvalue weighted by atomic mass is 16.5. The molecule has 0 saturated carbocycles. The van der Waals surface area contributed by atoms with Gasteiger partial charge < -0.3 is 10.1 Å². The van der Waals surface area contributed by atoms with Crippen molar-refractivity contribution >= 4 is 11.6 Å². The summed E-state index contributed by atoms with van der Waals surface area (Å²) in [6.45, 7) is 6.02. The average molecular weight is 223 g/mol. The zero-order valence-corrected chi connectivity index (χ0v) is 10.1. The molecule has 0 aliphatic carbocycles. The van der Waals surface area contributed by atoms with Crippen LogP contribution in [0.1, 0.15) is 27.2 Å². The number of aromatic nitrogens is 2. The molecule has 0 saturated heterocycles. The zero-order chi connectivity index (χ0) is 12.2. The fourth-order valence-electron chi connectivity index (χ4n) is 1.24. The van der Waals surface area contributed by atoms with Gasteiger partial charge in [-0.1, -0.05) is 20.8 Å². The number of hydrogen-bond acceptors (Lipinski definition) is 4. The van der Waals surface area contributed by atoms with E-state index >= 15 is 0 Å². The molecule has 0 aliphatic heterocycles. The molecule has 0 spiro atoms. The third-order valence-electron chi connectivity index (χ3n) is 1.83. The number of nitrogens with one attached hydrogen (secondary N) is 1. The van der Waals surface area contributed by atoms with Crippen molar-refractivity contribution in [1.29, 1.82) is 0 Å². The molecule has 0 fully saturated rings. The first-order valence-electron chi connectivity index (χ1n) is 5.06. The number of methoxy groups -OCH3 is 1. The van der Waals surface area contributed by atoms with Crippen LogP contribution in [0.2, 0.25) is 0 Å². The highest BCUT2D eigenvalue weighted by Crippen LogP contribution is 2.22. The number of carbonyl (C=O) groups is 1. The molecule has 0 aromatic carbocycles. The molecule has 1 rings (SSSR count). The first-order valence-corrected chi connectivity index (χ1v) is 5.06. The van der Waals surface area contributed by atoms with Crippen LogP contribution >= 0.6 is 0 Å². The molecule has 1 amide bonds. The number of rotatable bonds is 3. The average Bonchev–Trinajstić information content (AvgIpc) is 2.15. The predicted molar refractivity (Wildman–Crippen MR) is 61.3 cm³/mol. The SMILES string of the molecule is COc1ncncc1NC(=O)CC(C)(C)C. The van der Waals surface area contributed by atoms with Crippen LogP contribution in [0.4, 0.5) is 5.69 Å². The minimum absolute atomic E-state index is 0.0487. The maximum Gasteiger partial charge on any atom is 0.240 e. The lowest BCUT2D eigenvalue weighted by atomic mass is 9.92. The van der Waals surface area contributed by atoms with Crippen LogP contribution in [-0.4, -0.2) is 23.0 Å². The molecule has 16 heavy (non-hydrogen) atoms. The molecule has 0 aliphatic rings. The van der Waals surface area contributed by atoms with Crippen LogP contribution in [-0.2, 0) is 4.79 Å². The molecule has 88 valence electrons. The number of anilines is 1. The zero-order valence-electron chi connectivity index (χ0n) is 10.1. The first-order chi connectivity index (χ1) is 7.42. The first kappa shape index (κ1) is 12.4. The Bertz CT molecular complexity index is 372. The lowest BCUT2D eigenvalue weighted by Gasteiger charge is -2.17. The van der Waals surface area contributed by atoms with E-state index in [-0.39, 0.29) is 11.3 Å². The van der Waals surface area contributed by atoms with E-state index in [2.05, 4.69) is 15.3 Å². The topological polar surface area (TPSA) is 64.1 Å². The van der Waals surface area contributed by atoms with Gasteiger partial charge in [0.25, 0.3) is 0 Å². The lowest BCUT2D eigenvalue weighted by Crippen LogP contribution is -2.20. The van der Waals surface area contributed by atoms with Crippen molar-refractivity contribution in [1.82, 2.24) is 9.97 Å². The molecule has 1 aromatic heterocycles. The summed E-state index contributed by atoms with van der Waals surface area (Å²) in [5.74, 6) is 0.304. The second kappa shape index (κ2) is 4.92. The smallest absolute Gasteiger partial charge is 0.240 e. The van der Waals surface area contributed by atoms with Crippen molar-refractivity contribution < 1.29 is 9.53 Å². The summed E-state index contributed by atoms with van der Waals surface area (Å²) in [7, 11) is 1.50. The van der Waals surface area contributed by atoms with E-state index in [9.17, 15) is 4.79 Å². The lowest BCUT2D eigenvalue weighted by molar-refractivity contribution is -0.117. The van der Waals surface area contributed by atoms with Crippen LogP contribution in [0.5, 0.6) is 5.88 Å². The Kier molecular flexibility index (Phi) is 3.82. The van der Waals surface area contributed by atoms with Gasteiger partial charge in [-0.25, -0.2) is 4.98 Å². The van der Waals surface area contributed by atoms with Gasteiger partial charge in [0.15, 0.2) is 0 Å². The highest BCUT2D eigenvalue weighted by Gasteiger charge is 2.17. The Morgan fingerprint density at radius 1 is 1.50 bits per heavy atom. The quantitative estimate of drug-likeness (QED) is 0.849. The van der Waals surface area contributed by atoms with Gasteiger partial charge in [-0.2, -0.15) is 4.98 Å². The van der Waals surface area contributed by atoms with Crippen LogP contribution in [0.15, 0.2) is 12.5 Å². The van der Waals surface area contributed by atoms with Gasteiger partial charge >= 0.3 is 0 Å². The van der Waals surface area contributed by atoms with E-state index in [1.165, 1.54) is 19.6 Å². The summed E-state index contributed by atoms with van der Waals surface area (Å²) in [5.41, 5.74) is 0.451. The van der Waals surface area contributed by atoms with Gasteiger partial charge in [0.2, 0.25) is 11.8 Å². The van der Waals surface area contributed by atoms with Crippen LogP contribution in [0.25, 0.3) is 0 Å². The van der Waals surface area contributed by atoms with Gasteiger partial charge in [0.1, 0.15) is 12.0 Å². The fourth-order valence-corrected chi connectivity index (χ4v) is 1.24. The van der Waals surface area contributed by atoms with Crippen molar-refractivity contribution in [2.45, 2.75) is 27.2 Å². The third-order valence-corrected chi connectivity index (χ3v) is 1.83. The maximum atomic E-state index is 11.7. The van der Waals surface area contributed by atoms with E-state index in [0.29, 0.717) is 18.0 Å². The number of carbonyl (C=O) groups excluding carboxylic acids is 1. The summed E-state index contributed by atoms with van der Waals surface area (Å²) >= 11 is 0. The van der Waals surface area contributed by atoms with E-state index < -0.39 is 0 Å². The van der Waals surface area contributed by atoms with Gasteiger partial charge in [-0.3, -0.25) is 4.79 Å². The Hall–Kier alpha value is -1.65. The summed E-state index contributed by atoms with van der Waals surface area (Å²) in [6.07, 6.45) is 3.33. The van der Waals surface area contributed by atoms with Gasteiger partial charge in [-0.15, -0.1) is 0 Å². The molecule has 5 heteroatoms. The summed E-state index contributed by atoms with van der Waals surface area (Å²) in [4.78, 5) is 19.4. The highest BCUT2D eigenvalue weighted by molar-refractivity contribution is 5.92. The predicted octanol–water partition coefficient (Wildman–Crippen LogP) is 1.86. The maximum absolute atomic E-state index is 11.7. The third kappa shape index (κ3) is 3.84. The Morgan fingerprint density at radius 3 is 2.75 bits per heavy atom. The fraction of sp³-hybridized carbons (Fsp3) is 0.545. The van der Waals surface area contributed by atoms with Gasteiger partial charge in [0.05, 0.1) is 13.3 Å². The second-order valence-electron chi connectivity index (χ2n) is 4.73. The molecule has 1 aromatic rings. The number of ether oxygens (including phenoxy) is 1. The van der Waals surface area contributed by atoms with Crippen molar-refractivity contribution in [3.8, 4) is 5.88 Å². The van der Waals surface area contributed by atoms with Crippen LogP contribution in [0, 0.1) is 5.41 Å². The number of amides is 1. The Labute approximate surface area is 95.3 Å². The van der Waals surface area contributed by atoms with Crippen molar-refractivity contribution in [3.05, 3.63) is 12.5 Å². The standard InChI is InChI=1S/C11H17N3O2/c1-11(2,3)5-9(15)14-8-6-12-7-13-10(8)16-4/h6-7H,5H2,1-4H3,(H,14,15).